The van der Waals surface area contributed by atoms with Crippen molar-refractivity contribution < 1.29 is 9.53 Å². The molecule has 3 N–H and O–H groups in total. The first-order chi connectivity index (χ1) is 8.26. The van der Waals surface area contributed by atoms with E-state index in [-0.39, 0.29) is 5.91 Å². The van der Waals surface area contributed by atoms with Crippen molar-refractivity contribution in [3.05, 3.63) is 0 Å². The first-order valence-corrected chi connectivity index (χ1v) is 6.57. The molecule has 5 heteroatoms. The number of hydrogen-bond donors (Lipinski definition) is 2. The van der Waals surface area contributed by atoms with Crippen LogP contribution in [0.25, 0.3) is 0 Å². The van der Waals surface area contributed by atoms with Crippen LogP contribution >= 0.6 is 0 Å². The number of nitrogens with one attached hydrogen (secondary N) is 1. The maximum Gasteiger partial charge on any atom is 0.234 e. The smallest absolute Gasteiger partial charge is 0.234 e. The third-order valence-electron chi connectivity index (χ3n) is 2.85. The summed E-state index contributed by atoms with van der Waals surface area (Å²) in [6, 6.07) is 0. The highest BCUT2D eigenvalue weighted by molar-refractivity contribution is 5.78. The van der Waals surface area contributed by atoms with Crippen molar-refractivity contribution >= 4 is 5.91 Å². The van der Waals surface area contributed by atoms with Crippen molar-refractivity contribution in [3.8, 4) is 0 Å². The number of amides is 1. The van der Waals surface area contributed by atoms with Crippen LogP contribution in [0, 0.1) is 0 Å². The Morgan fingerprint density at radius 3 is 3.12 bits per heavy atom. The van der Waals surface area contributed by atoms with Crippen molar-refractivity contribution in [2.75, 3.05) is 39.3 Å². The lowest BCUT2D eigenvalue weighted by molar-refractivity contribution is -0.123. The van der Waals surface area contributed by atoms with Gasteiger partial charge in [0.2, 0.25) is 5.91 Å². The number of hydrogen-bond acceptors (Lipinski definition) is 4. The van der Waals surface area contributed by atoms with Crippen LogP contribution in [-0.2, 0) is 9.53 Å². The van der Waals surface area contributed by atoms with Crippen molar-refractivity contribution in [2.24, 2.45) is 5.73 Å². The fourth-order valence-corrected chi connectivity index (χ4v) is 2.05. The summed E-state index contributed by atoms with van der Waals surface area (Å²) in [4.78, 5) is 13.7. The predicted molar refractivity (Wildman–Crippen MR) is 67.8 cm³/mol. The van der Waals surface area contributed by atoms with Gasteiger partial charge in [-0.05, 0) is 25.8 Å². The zero-order valence-electron chi connectivity index (χ0n) is 10.8. The highest BCUT2D eigenvalue weighted by atomic mass is 16.5. The van der Waals surface area contributed by atoms with E-state index in [4.69, 9.17) is 10.5 Å². The lowest BCUT2D eigenvalue weighted by Gasteiger charge is -2.32. The van der Waals surface area contributed by atoms with Gasteiger partial charge >= 0.3 is 0 Å². The third-order valence-corrected chi connectivity index (χ3v) is 2.85. The molecule has 1 fully saturated rings. The summed E-state index contributed by atoms with van der Waals surface area (Å²) in [6.07, 6.45) is 3.57. The number of piperidine rings is 1. The van der Waals surface area contributed by atoms with E-state index in [1.165, 1.54) is 0 Å². The highest BCUT2D eigenvalue weighted by Crippen LogP contribution is 2.12. The Bertz CT molecular complexity index is 224. The first-order valence-electron chi connectivity index (χ1n) is 6.57. The lowest BCUT2D eigenvalue weighted by Crippen LogP contribution is -2.45. The molecule has 100 valence electrons. The Kier molecular flexibility index (Phi) is 7.16. The molecule has 1 atom stereocenters. The van der Waals surface area contributed by atoms with Gasteiger partial charge in [0.1, 0.15) is 0 Å². The fraction of sp³-hybridized carbons (Fsp3) is 0.917. The summed E-state index contributed by atoms with van der Waals surface area (Å²) in [5, 5.41) is 2.79. The van der Waals surface area contributed by atoms with Crippen LogP contribution < -0.4 is 11.1 Å². The van der Waals surface area contributed by atoms with Gasteiger partial charge < -0.3 is 15.8 Å². The number of likely N-dealkylation sites (tertiary alicyclic amines) is 1. The van der Waals surface area contributed by atoms with Gasteiger partial charge in [0, 0.05) is 26.2 Å². The van der Waals surface area contributed by atoms with Crippen molar-refractivity contribution in [2.45, 2.75) is 32.3 Å². The molecule has 1 amide bonds. The van der Waals surface area contributed by atoms with Crippen molar-refractivity contribution in [3.63, 3.8) is 0 Å². The van der Waals surface area contributed by atoms with Crippen molar-refractivity contribution in [1.82, 2.24) is 10.2 Å². The van der Waals surface area contributed by atoms with Crippen LogP contribution in [0.15, 0.2) is 0 Å². The summed E-state index contributed by atoms with van der Waals surface area (Å²) in [5.41, 5.74) is 5.34. The number of ether oxygens (including phenoxy) is 1. The van der Waals surface area contributed by atoms with Crippen LogP contribution in [0.3, 0.4) is 0 Å². The number of nitrogens with zero attached hydrogens (tertiary/aromatic N) is 1. The van der Waals surface area contributed by atoms with Gasteiger partial charge in [0.05, 0.1) is 12.6 Å². The van der Waals surface area contributed by atoms with E-state index < -0.39 is 0 Å². The van der Waals surface area contributed by atoms with E-state index >= 15 is 0 Å². The molecule has 0 radical (unpaired) electrons. The van der Waals surface area contributed by atoms with Gasteiger partial charge in [0.25, 0.3) is 0 Å². The fourth-order valence-electron chi connectivity index (χ4n) is 2.05. The summed E-state index contributed by atoms with van der Waals surface area (Å²) in [6.45, 7) is 6.30. The van der Waals surface area contributed by atoms with Crippen LogP contribution in [0.2, 0.25) is 0 Å². The van der Waals surface area contributed by atoms with Gasteiger partial charge in [-0.1, -0.05) is 6.92 Å². The highest BCUT2D eigenvalue weighted by Gasteiger charge is 2.21. The van der Waals surface area contributed by atoms with Gasteiger partial charge in [-0.3, -0.25) is 9.69 Å². The molecule has 5 nitrogen and oxygen atoms in total. The quantitative estimate of drug-likeness (QED) is 0.658. The minimum Gasteiger partial charge on any atom is -0.377 e. The summed E-state index contributed by atoms with van der Waals surface area (Å²) in [5.74, 6) is 0.0617. The average molecular weight is 243 g/mol. The lowest BCUT2D eigenvalue weighted by atomic mass is 10.1. The largest absolute Gasteiger partial charge is 0.377 e. The minimum absolute atomic E-state index is 0.0617. The molecule has 0 aliphatic carbocycles. The summed E-state index contributed by atoms with van der Waals surface area (Å²) >= 11 is 0. The molecular weight excluding hydrogens is 218 g/mol. The molecule has 0 bridgehead atoms. The van der Waals surface area contributed by atoms with Crippen LogP contribution in [0.5, 0.6) is 0 Å². The molecule has 1 heterocycles. The Balaban J connectivity index is 2.21. The van der Waals surface area contributed by atoms with Gasteiger partial charge in [-0.2, -0.15) is 0 Å². The molecular formula is C12H25N3O2. The average Bonchev–Trinajstić information content (AvgIpc) is 2.34. The number of carbonyl (C=O) groups excluding carboxylic acids is 1. The molecule has 1 unspecified atom stereocenters. The topological polar surface area (TPSA) is 67.6 Å². The maximum atomic E-state index is 11.5. The first kappa shape index (κ1) is 14.4. The van der Waals surface area contributed by atoms with Gasteiger partial charge in [-0.15, -0.1) is 0 Å². The van der Waals surface area contributed by atoms with E-state index in [0.717, 1.165) is 39.0 Å². The summed E-state index contributed by atoms with van der Waals surface area (Å²) in [7, 11) is 0. The molecule has 0 aromatic rings. The Morgan fingerprint density at radius 2 is 2.41 bits per heavy atom. The molecule has 1 saturated heterocycles. The number of nitrogens with two attached hydrogens (primary N) is 1. The monoisotopic (exact) mass is 243 g/mol. The van der Waals surface area contributed by atoms with Crippen LogP contribution in [0.1, 0.15) is 26.2 Å². The predicted octanol–water partition coefficient (Wildman–Crippen LogP) is -0.0477. The number of rotatable bonds is 7. The zero-order valence-corrected chi connectivity index (χ0v) is 10.8. The Labute approximate surface area is 104 Å². The molecule has 0 aromatic heterocycles. The van der Waals surface area contributed by atoms with Crippen molar-refractivity contribution in [1.29, 1.82) is 0 Å². The molecule has 17 heavy (non-hydrogen) atoms. The molecule has 1 aliphatic rings. The standard InChI is InChI=1S/C12H25N3O2/c1-2-8-17-11-4-3-7-15(9-11)10-12(16)14-6-5-13/h11H,2-10,13H2,1H3,(H,14,16). The second kappa shape index (κ2) is 8.44. The molecule has 1 rings (SSSR count). The van der Waals surface area contributed by atoms with Crippen LogP contribution in [-0.4, -0.2) is 56.2 Å². The normalized spacial score (nSPS) is 21.4. The second-order valence-electron chi connectivity index (χ2n) is 4.51. The van der Waals surface area contributed by atoms with Gasteiger partial charge in [-0.25, -0.2) is 0 Å². The van der Waals surface area contributed by atoms with E-state index in [1.54, 1.807) is 0 Å². The molecule has 0 spiro atoms. The summed E-state index contributed by atoms with van der Waals surface area (Å²) < 4.78 is 5.73. The Hall–Kier alpha value is -0.650. The number of carbonyl (C=O) groups is 1. The molecule has 0 aromatic carbocycles. The molecule has 1 aliphatic heterocycles. The SMILES string of the molecule is CCCOC1CCCN(CC(=O)NCCN)C1. The van der Waals surface area contributed by atoms with Crippen LogP contribution in [0.4, 0.5) is 0 Å². The molecule has 0 saturated carbocycles. The van der Waals surface area contributed by atoms with Gasteiger partial charge in [0.15, 0.2) is 0 Å². The minimum atomic E-state index is 0.0617. The van der Waals surface area contributed by atoms with E-state index in [9.17, 15) is 4.79 Å². The maximum absolute atomic E-state index is 11.5. The van der Waals surface area contributed by atoms with E-state index in [1.807, 2.05) is 0 Å². The second-order valence-corrected chi connectivity index (χ2v) is 4.51. The zero-order chi connectivity index (χ0) is 12.5. The third kappa shape index (κ3) is 6.00. The van der Waals surface area contributed by atoms with E-state index in [0.29, 0.717) is 25.7 Å². The Morgan fingerprint density at radius 1 is 1.59 bits per heavy atom. The van der Waals surface area contributed by atoms with E-state index in [2.05, 4.69) is 17.1 Å².